The van der Waals surface area contributed by atoms with Crippen molar-refractivity contribution < 1.29 is 4.79 Å². The lowest BCUT2D eigenvalue weighted by atomic mass is 9.97. The number of nitrogens with two attached hydrogens (primary N) is 1. The Balaban J connectivity index is 2.03. The Kier molecular flexibility index (Phi) is 3.97. The smallest absolute Gasteiger partial charge is 0.251 e. The van der Waals surface area contributed by atoms with Gasteiger partial charge < -0.3 is 11.1 Å². The van der Waals surface area contributed by atoms with E-state index in [-0.39, 0.29) is 5.91 Å². The third-order valence-corrected chi connectivity index (χ3v) is 4.07. The maximum Gasteiger partial charge on any atom is 0.251 e. The molecule has 0 aliphatic heterocycles. The number of amides is 1. The van der Waals surface area contributed by atoms with Crippen LogP contribution in [0.5, 0.6) is 0 Å². The summed E-state index contributed by atoms with van der Waals surface area (Å²) in [5.41, 5.74) is 6.92. The first kappa shape index (κ1) is 13.0. The monoisotopic (exact) mass is 247 g/mol. The molecule has 98 valence electrons. The van der Waals surface area contributed by atoms with Gasteiger partial charge in [-0.3, -0.25) is 9.78 Å². The van der Waals surface area contributed by atoms with Crippen molar-refractivity contribution >= 4 is 5.91 Å². The Morgan fingerprint density at radius 1 is 1.50 bits per heavy atom. The minimum Gasteiger partial charge on any atom is -0.349 e. The van der Waals surface area contributed by atoms with Crippen molar-refractivity contribution in [3.63, 3.8) is 0 Å². The van der Waals surface area contributed by atoms with Crippen molar-refractivity contribution in [3.05, 3.63) is 29.6 Å². The van der Waals surface area contributed by atoms with Gasteiger partial charge in [-0.25, -0.2) is 0 Å². The fourth-order valence-corrected chi connectivity index (χ4v) is 2.55. The average molecular weight is 247 g/mol. The summed E-state index contributed by atoms with van der Waals surface area (Å²) >= 11 is 0. The minimum absolute atomic E-state index is 0.0157. The second-order valence-corrected chi connectivity index (χ2v) is 5.23. The maximum atomic E-state index is 12.1. The van der Waals surface area contributed by atoms with Crippen LogP contribution in [-0.2, 0) is 6.54 Å². The number of carbonyl (C=O) groups is 1. The molecule has 0 spiro atoms. The molecule has 4 nitrogen and oxygen atoms in total. The van der Waals surface area contributed by atoms with Crippen LogP contribution in [-0.4, -0.2) is 16.9 Å². The highest BCUT2D eigenvalue weighted by atomic mass is 16.1. The molecular formula is C14H21N3O. The topological polar surface area (TPSA) is 68.0 Å². The normalized spacial score (nSPS) is 27.2. The van der Waals surface area contributed by atoms with Crippen molar-refractivity contribution in [1.82, 2.24) is 10.3 Å². The molecule has 1 saturated carbocycles. The second-order valence-electron chi connectivity index (χ2n) is 5.23. The van der Waals surface area contributed by atoms with Crippen molar-refractivity contribution in [2.24, 2.45) is 17.6 Å². The number of nitrogens with one attached hydrogen (secondary N) is 1. The van der Waals surface area contributed by atoms with E-state index in [4.69, 9.17) is 5.73 Å². The first-order valence-corrected chi connectivity index (χ1v) is 6.57. The second kappa shape index (κ2) is 5.48. The van der Waals surface area contributed by atoms with Gasteiger partial charge in [-0.2, -0.15) is 0 Å². The van der Waals surface area contributed by atoms with Crippen molar-refractivity contribution in [2.75, 3.05) is 0 Å². The molecule has 1 amide bonds. The summed E-state index contributed by atoms with van der Waals surface area (Å²) in [7, 11) is 0. The summed E-state index contributed by atoms with van der Waals surface area (Å²) in [6, 6.07) is 3.79. The minimum atomic E-state index is -0.0157. The van der Waals surface area contributed by atoms with E-state index in [1.165, 1.54) is 6.42 Å². The molecule has 18 heavy (non-hydrogen) atoms. The lowest BCUT2D eigenvalue weighted by molar-refractivity contribution is 0.0927. The van der Waals surface area contributed by atoms with Gasteiger partial charge in [0.2, 0.25) is 0 Å². The van der Waals surface area contributed by atoms with Gasteiger partial charge in [-0.05, 0) is 36.8 Å². The molecule has 1 aliphatic rings. The number of pyridine rings is 1. The largest absolute Gasteiger partial charge is 0.349 e. The summed E-state index contributed by atoms with van der Waals surface area (Å²) < 4.78 is 0. The summed E-state index contributed by atoms with van der Waals surface area (Å²) in [5.74, 6) is 1.22. The highest BCUT2D eigenvalue weighted by molar-refractivity contribution is 5.94. The summed E-state index contributed by atoms with van der Waals surface area (Å²) in [6.45, 7) is 4.81. The van der Waals surface area contributed by atoms with Crippen LogP contribution in [0.2, 0.25) is 0 Å². The van der Waals surface area contributed by atoms with E-state index in [1.807, 2.05) is 0 Å². The predicted molar refractivity (Wildman–Crippen MR) is 70.9 cm³/mol. The first-order valence-electron chi connectivity index (χ1n) is 6.57. The van der Waals surface area contributed by atoms with Gasteiger partial charge in [0.1, 0.15) is 0 Å². The molecule has 3 unspecified atom stereocenters. The quantitative estimate of drug-likeness (QED) is 0.854. The van der Waals surface area contributed by atoms with E-state index in [0.29, 0.717) is 30.0 Å². The van der Waals surface area contributed by atoms with Crippen LogP contribution in [0.3, 0.4) is 0 Å². The van der Waals surface area contributed by atoms with E-state index in [1.54, 1.807) is 18.3 Å². The number of hydrogen-bond donors (Lipinski definition) is 2. The fourth-order valence-electron chi connectivity index (χ4n) is 2.55. The Morgan fingerprint density at radius 3 is 2.89 bits per heavy atom. The van der Waals surface area contributed by atoms with Gasteiger partial charge >= 0.3 is 0 Å². The van der Waals surface area contributed by atoms with Crippen LogP contribution in [0.15, 0.2) is 18.3 Å². The van der Waals surface area contributed by atoms with E-state index in [9.17, 15) is 4.79 Å². The van der Waals surface area contributed by atoms with Gasteiger partial charge in [0, 0.05) is 24.3 Å². The molecule has 3 atom stereocenters. The number of nitrogens with zero attached hydrogens (tertiary/aromatic N) is 1. The molecule has 0 aromatic carbocycles. The lowest BCUT2D eigenvalue weighted by Gasteiger charge is -2.19. The van der Waals surface area contributed by atoms with E-state index < -0.39 is 0 Å². The Labute approximate surface area is 108 Å². The van der Waals surface area contributed by atoms with Gasteiger partial charge in [-0.1, -0.05) is 13.8 Å². The fraction of sp³-hybridized carbons (Fsp3) is 0.571. The third kappa shape index (κ3) is 2.70. The van der Waals surface area contributed by atoms with Gasteiger partial charge in [-0.15, -0.1) is 0 Å². The van der Waals surface area contributed by atoms with E-state index in [2.05, 4.69) is 24.1 Å². The highest BCUT2D eigenvalue weighted by Crippen LogP contribution is 2.31. The van der Waals surface area contributed by atoms with Crippen LogP contribution < -0.4 is 11.1 Å². The highest BCUT2D eigenvalue weighted by Gasteiger charge is 2.30. The zero-order chi connectivity index (χ0) is 13.1. The molecule has 0 radical (unpaired) electrons. The van der Waals surface area contributed by atoms with E-state index in [0.717, 1.165) is 12.1 Å². The number of hydrogen-bond acceptors (Lipinski definition) is 3. The van der Waals surface area contributed by atoms with Gasteiger partial charge in [0.25, 0.3) is 5.91 Å². The molecular weight excluding hydrogens is 226 g/mol. The molecule has 0 bridgehead atoms. The summed E-state index contributed by atoms with van der Waals surface area (Å²) in [4.78, 5) is 16.2. The molecule has 1 fully saturated rings. The van der Waals surface area contributed by atoms with Crippen LogP contribution in [0.25, 0.3) is 0 Å². The summed E-state index contributed by atoms with van der Waals surface area (Å²) in [5, 5.41) is 3.12. The molecule has 1 heterocycles. The first-order chi connectivity index (χ1) is 8.61. The molecule has 1 aliphatic carbocycles. The molecule has 1 aromatic heterocycles. The zero-order valence-electron chi connectivity index (χ0n) is 11.0. The Morgan fingerprint density at radius 2 is 2.28 bits per heavy atom. The summed E-state index contributed by atoms with van der Waals surface area (Å²) in [6.07, 6.45) is 3.90. The number of carbonyl (C=O) groups excluding carboxylic acids is 1. The SMILES string of the molecule is CC1CCC(NC(=O)c2ccnc(CN)c2)C1C. The molecule has 2 rings (SSSR count). The zero-order valence-corrected chi connectivity index (χ0v) is 11.0. The molecule has 0 saturated heterocycles. The van der Waals surface area contributed by atoms with Crippen LogP contribution in [0.4, 0.5) is 0 Å². The maximum absolute atomic E-state index is 12.1. The van der Waals surface area contributed by atoms with Crippen LogP contribution in [0, 0.1) is 11.8 Å². The predicted octanol–water partition coefficient (Wildman–Crippen LogP) is 1.70. The average Bonchev–Trinajstić information content (AvgIpc) is 2.71. The van der Waals surface area contributed by atoms with Crippen LogP contribution in [0.1, 0.15) is 42.7 Å². The standard InChI is InChI=1S/C14H21N3O/c1-9-3-4-13(10(9)2)17-14(18)11-5-6-16-12(7-11)8-15/h5-7,9-10,13H,3-4,8,15H2,1-2H3,(H,17,18). The number of rotatable bonds is 3. The Hall–Kier alpha value is -1.42. The third-order valence-electron chi connectivity index (χ3n) is 4.07. The van der Waals surface area contributed by atoms with Crippen molar-refractivity contribution in [3.8, 4) is 0 Å². The van der Waals surface area contributed by atoms with Crippen LogP contribution >= 0.6 is 0 Å². The van der Waals surface area contributed by atoms with Gasteiger partial charge in [0.05, 0.1) is 5.69 Å². The number of aromatic nitrogens is 1. The molecule has 1 aromatic rings. The van der Waals surface area contributed by atoms with Gasteiger partial charge in [0.15, 0.2) is 0 Å². The lowest BCUT2D eigenvalue weighted by Crippen LogP contribution is -2.37. The van der Waals surface area contributed by atoms with E-state index >= 15 is 0 Å². The Bertz CT molecular complexity index is 433. The van der Waals surface area contributed by atoms with Crippen molar-refractivity contribution in [1.29, 1.82) is 0 Å². The molecule has 3 N–H and O–H groups in total. The van der Waals surface area contributed by atoms with Crippen molar-refractivity contribution in [2.45, 2.75) is 39.3 Å². The molecule has 4 heteroatoms.